The van der Waals surface area contributed by atoms with Gasteiger partial charge in [0, 0.05) is 6.54 Å². The molecule has 114 valence electrons. The van der Waals surface area contributed by atoms with Gasteiger partial charge < -0.3 is 15.5 Å². The minimum atomic E-state index is -0.926. The van der Waals surface area contributed by atoms with Crippen LogP contribution in [0.5, 0.6) is 0 Å². The number of hydrogen-bond donors (Lipinski definition) is 3. The molecular weight excluding hydrogens is 278 g/mol. The highest BCUT2D eigenvalue weighted by Gasteiger charge is 2.27. The molecule has 0 heterocycles. The van der Waals surface area contributed by atoms with Crippen LogP contribution in [0.4, 0.5) is 0 Å². The molecule has 0 radical (unpaired) electrons. The topological polar surface area (TPSA) is 69.6 Å². The van der Waals surface area contributed by atoms with E-state index < -0.39 is 12.1 Å². The number of fused-ring (bicyclic) bond motifs is 1. The molecule has 0 unspecified atom stereocenters. The Bertz CT molecular complexity index is 684. The van der Waals surface area contributed by atoms with Gasteiger partial charge in [-0.2, -0.15) is 0 Å². The number of carboxylic acids is 1. The Kier molecular flexibility index (Phi) is 4.22. The number of aliphatic hydroxyl groups is 1. The number of aromatic carboxylic acids is 1. The summed E-state index contributed by atoms with van der Waals surface area (Å²) in [6.45, 7) is 0.525. The molecule has 0 amide bonds. The largest absolute Gasteiger partial charge is 0.478 e. The second-order valence-corrected chi connectivity index (χ2v) is 5.67. The van der Waals surface area contributed by atoms with E-state index in [9.17, 15) is 9.90 Å². The average molecular weight is 297 g/mol. The van der Waals surface area contributed by atoms with Gasteiger partial charge >= 0.3 is 5.97 Å². The SMILES string of the molecule is O=C(O)c1cccc(CN[C@H]2c3ccccc3CC[C@H]2O)c1. The lowest BCUT2D eigenvalue weighted by molar-refractivity contribution is 0.0696. The summed E-state index contributed by atoms with van der Waals surface area (Å²) >= 11 is 0. The first-order valence-electron chi connectivity index (χ1n) is 7.46. The van der Waals surface area contributed by atoms with Crippen molar-refractivity contribution in [3.63, 3.8) is 0 Å². The summed E-state index contributed by atoms with van der Waals surface area (Å²) in [7, 11) is 0. The van der Waals surface area contributed by atoms with Crippen molar-refractivity contribution in [1.29, 1.82) is 0 Å². The van der Waals surface area contributed by atoms with Gasteiger partial charge in [-0.1, -0.05) is 36.4 Å². The van der Waals surface area contributed by atoms with Crippen LogP contribution in [0.1, 0.15) is 39.5 Å². The molecule has 0 saturated heterocycles. The monoisotopic (exact) mass is 297 g/mol. The van der Waals surface area contributed by atoms with Gasteiger partial charge in [-0.3, -0.25) is 0 Å². The van der Waals surface area contributed by atoms with Crippen molar-refractivity contribution in [3.8, 4) is 0 Å². The Labute approximate surface area is 129 Å². The summed E-state index contributed by atoms with van der Waals surface area (Å²) in [5.74, 6) is -0.926. The lowest BCUT2D eigenvalue weighted by atomic mass is 9.85. The van der Waals surface area contributed by atoms with Crippen LogP contribution >= 0.6 is 0 Å². The minimum Gasteiger partial charge on any atom is -0.478 e. The zero-order valence-electron chi connectivity index (χ0n) is 12.2. The van der Waals surface area contributed by atoms with Crippen molar-refractivity contribution < 1.29 is 15.0 Å². The number of carboxylic acid groups (broad SMARTS) is 1. The molecule has 22 heavy (non-hydrogen) atoms. The van der Waals surface area contributed by atoms with Gasteiger partial charge in [-0.05, 0) is 41.7 Å². The molecule has 0 saturated carbocycles. The van der Waals surface area contributed by atoms with Crippen LogP contribution in [0.2, 0.25) is 0 Å². The van der Waals surface area contributed by atoms with Crippen LogP contribution in [-0.4, -0.2) is 22.3 Å². The highest BCUT2D eigenvalue weighted by molar-refractivity contribution is 5.87. The molecule has 2 aromatic carbocycles. The van der Waals surface area contributed by atoms with Crippen molar-refractivity contribution in [3.05, 3.63) is 70.8 Å². The van der Waals surface area contributed by atoms with Gasteiger partial charge in [0.2, 0.25) is 0 Å². The highest BCUT2D eigenvalue weighted by atomic mass is 16.4. The van der Waals surface area contributed by atoms with E-state index in [0.717, 1.165) is 24.0 Å². The van der Waals surface area contributed by atoms with Gasteiger partial charge in [-0.15, -0.1) is 0 Å². The predicted octanol–water partition coefficient (Wildman–Crippen LogP) is 2.52. The summed E-state index contributed by atoms with van der Waals surface area (Å²) in [5.41, 5.74) is 3.58. The molecule has 0 aromatic heterocycles. The maximum absolute atomic E-state index is 11.0. The standard InChI is InChI=1S/C18H19NO3/c20-16-9-8-13-5-1-2-7-15(13)17(16)19-11-12-4-3-6-14(10-12)18(21)22/h1-7,10,16-17,19-20H,8-9,11H2,(H,21,22)/t16-,17+/m1/s1. The summed E-state index contributed by atoms with van der Waals surface area (Å²) in [6.07, 6.45) is 1.21. The number of nitrogens with one attached hydrogen (secondary N) is 1. The molecule has 1 aliphatic carbocycles. The Morgan fingerprint density at radius 2 is 2.00 bits per heavy atom. The Morgan fingerprint density at radius 1 is 1.18 bits per heavy atom. The van der Waals surface area contributed by atoms with E-state index >= 15 is 0 Å². The number of rotatable bonds is 4. The average Bonchev–Trinajstić information content (AvgIpc) is 2.54. The van der Waals surface area contributed by atoms with Crippen molar-refractivity contribution >= 4 is 5.97 Å². The Balaban J connectivity index is 1.76. The van der Waals surface area contributed by atoms with Crippen molar-refractivity contribution in [2.24, 2.45) is 0 Å². The van der Waals surface area contributed by atoms with Crippen molar-refractivity contribution in [2.45, 2.75) is 31.5 Å². The molecule has 2 aromatic rings. The second-order valence-electron chi connectivity index (χ2n) is 5.67. The quantitative estimate of drug-likeness (QED) is 0.811. The molecule has 2 atom stereocenters. The van der Waals surface area contributed by atoms with Crippen LogP contribution < -0.4 is 5.32 Å². The summed E-state index contributed by atoms with van der Waals surface area (Å²) in [4.78, 5) is 11.0. The molecular formula is C18H19NO3. The van der Waals surface area contributed by atoms with Crippen molar-refractivity contribution in [1.82, 2.24) is 5.32 Å². The lowest BCUT2D eigenvalue weighted by Gasteiger charge is -2.31. The maximum Gasteiger partial charge on any atom is 0.335 e. The molecule has 0 aliphatic heterocycles. The van der Waals surface area contributed by atoms with Crippen molar-refractivity contribution in [2.75, 3.05) is 0 Å². The second kappa shape index (κ2) is 6.30. The van der Waals surface area contributed by atoms with E-state index in [1.54, 1.807) is 18.2 Å². The first-order valence-corrected chi connectivity index (χ1v) is 7.46. The molecule has 1 aliphatic rings. The van der Waals surface area contributed by atoms with E-state index in [2.05, 4.69) is 11.4 Å². The third-order valence-electron chi connectivity index (χ3n) is 4.18. The number of hydrogen-bond acceptors (Lipinski definition) is 3. The molecule has 4 nitrogen and oxygen atoms in total. The van der Waals surface area contributed by atoms with Gasteiger partial charge in [0.05, 0.1) is 17.7 Å². The van der Waals surface area contributed by atoms with Crippen LogP contribution in [-0.2, 0) is 13.0 Å². The zero-order valence-corrected chi connectivity index (χ0v) is 12.2. The number of carbonyl (C=O) groups is 1. The predicted molar refractivity (Wildman–Crippen MR) is 83.8 cm³/mol. The van der Waals surface area contributed by atoms with Gasteiger partial charge in [0.1, 0.15) is 0 Å². The van der Waals surface area contributed by atoms with Crippen LogP contribution in [0.3, 0.4) is 0 Å². The minimum absolute atomic E-state index is 0.113. The first-order chi connectivity index (χ1) is 10.6. The molecule has 0 bridgehead atoms. The lowest BCUT2D eigenvalue weighted by Crippen LogP contribution is -2.35. The zero-order chi connectivity index (χ0) is 15.5. The molecule has 4 heteroatoms. The molecule has 0 spiro atoms. The van der Waals surface area contributed by atoms with E-state index in [0.29, 0.717) is 6.54 Å². The number of aryl methyl sites for hydroxylation is 1. The van der Waals surface area contributed by atoms with Gasteiger partial charge in [0.25, 0.3) is 0 Å². The Morgan fingerprint density at radius 3 is 2.82 bits per heavy atom. The van der Waals surface area contributed by atoms with Crippen LogP contribution in [0.15, 0.2) is 48.5 Å². The van der Waals surface area contributed by atoms with E-state index in [-0.39, 0.29) is 11.6 Å². The fourth-order valence-corrected chi connectivity index (χ4v) is 3.03. The molecule has 3 rings (SSSR count). The smallest absolute Gasteiger partial charge is 0.335 e. The maximum atomic E-state index is 11.0. The summed E-state index contributed by atoms with van der Waals surface area (Å²) < 4.78 is 0. The van der Waals surface area contributed by atoms with Crippen LogP contribution in [0, 0.1) is 0 Å². The fraction of sp³-hybridized carbons (Fsp3) is 0.278. The Hall–Kier alpha value is -2.17. The number of aliphatic hydroxyl groups excluding tert-OH is 1. The summed E-state index contributed by atoms with van der Waals surface area (Å²) in [6, 6.07) is 14.9. The van der Waals surface area contributed by atoms with E-state index in [1.807, 2.05) is 24.3 Å². The highest BCUT2D eigenvalue weighted by Crippen LogP contribution is 2.30. The van der Waals surface area contributed by atoms with Gasteiger partial charge in [-0.25, -0.2) is 4.79 Å². The molecule has 0 fully saturated rings. The molecule has 3 N–H and O–H groups in total. The first kappa shape index (κ1) is 14.8. The van der Waals surface area contributed by atoms with Crippen LogP contribution in [0.25, 0.3) is 0 Å². The van der Waals surface area contributed by atoms with E-state index in [1.165, 1.54) is 5.56 Å². The summed E-state index contributed by atoms with van der Waals surface area (Å²) in [5, 5.41) is 22.7. The van der Waals surface area contributed by atoms with Gasteiger partial charge in [0.15, 0.2) is 0 Å². The third kappa shape index (κ3) is 3.03. The van der Waals surface area contributed by atoms with E-state index in [4.69, 9.17) is 5.11 Å². The number of benzene rings is 2. The fourth-order valence-electron chi connectivity index (χ4n) is 3.03. The normalized spacial score (nSPS) is 20.4. The third-order valence-corrected chi connectivity index (χ3v) is 4.18.